The van der Waals surface area contributed by atoms with E-state index in [2.05, 4.69) is 26.6 Å². The molecule has 0 saturated carbocycles. The lowest BCUT2D eigenvalue weighted by molar-refractivity contribution is 0.262. The van der Waals surface area contributed by atoms with Crippen molar-refractivity contribution in [2.24, 2.45) is 0 Å². The maximum absolute atomic E-state index is 12.0. The fraction of sp³-hybridized carbons (Fsp3) is 0.133. The van der Waals surface area contributed by atoms with Crippen LogP contribution in [0, 0.1) is 13.8 Å². The Morgan fingerprint density at radius 2 is 1.58 bits per heavy atom. The second-order valence-corrected chi connectivity index (χ2v) is 5.16. The third-order valence-electron chi connectivity index (χ3n) is 2.97. The Balaban J connectivity index is 2.10. The van der Waals surface area contributed by atoms with Crippen LogP contribution in [0.4, 0.5) is 16.2 Å². The molecule has 2 aromatic rings. The summed E-state index contributed by atoms with van der Waals surface area (Å²) in [6, 6.07) is 13.1. The molecule has 0 aliphatic carbocycles. The van der Waals surface area contributed by atoms with E-state index in [9.17, 15) is 4.79 Å². The summed E-state index contributed by atoms with van der Waals surface area (Å²) in [7, 11) is 0. The van der Waals surface area contributed by atoms with Gasteiger partial charge in [0.15, 0.2) is 0 Å². The van der Waals surface area contributed by atoms with E-state index >= 15 is 0 Å². The Kier molecular flexibility index (Phi) is 4.22. The van der Waals surface area contributed by atoms with Crippen molar-refractivity contribution in [2.45, 2.75) is 13.8 Å². The van der Waals surface area contributed by atoms with Crippen LogP contribution in [0.2, 0.25) is 0 Å². The van der Waals surface area contributed by atoms with Crippen molar-refractivity contribution in [2.75, 3.05) is 10.6 Å². The standard InChI is InChI=1S/C15H15BrN2O/c1-10-6-5-9-13(11(10)2)17-15(19)18-14-8-4-3-7-12(14)16/h3-9H,1-2H3,(H2,17,18,19). The minimum absolute atomic E-state index is 0.249. The number of carbonyl (C=O) groups excluding carboxylic acids is 1. The fourth-order valence-corrected chi connectivity index (χ4v) is 2.11. The Labute approximate surface area is 121 Å². The number of aryl methyl sites for hydroxylation is 1. The molecule has 0 fully saturated rings. The monoisotopic (exact) mass is 318 g/mol. The highest BCUT2D eigenvalue weighted by atomic mass is 79.9. The number of nitrogens with one attached hydrogen (secondary N) is 2. The molecule has 98 valence electrons. The van der Waals surface area contributed by atoms with Crippen LogP contribution >= 0.6 is 15.9 Å². The predicted octanol–water partition coefficient (Wildman–Crippen LogP) is 4.71. The number of benzene rings is 2. The van der Waals surface area contributed by atoms with Crippen LogP contribution in [0.15, 0.2) is 46.9 Å². The highest BCUT2D eigenvalue weighted by Gasteiger charge is 2.07. The van der Waals surface area contributed by atoms with Gasteiger partial charge in [0.1, 0.15) is 0 Å². The average molecular weight is 319 g/mol. The molecular weight excluding hydrogens is 304 g/mol. The summed E-state index contributed by atoms with van der Waals surface area (Å²) in [5, 5.41) is 5.66. The van der Waals surface area contributed by atoms with Crippen LogP contribution < -0.4 is 10.6 Å². The number of carbonyl (C=O) groups is 1. The minimum atomic E-state index is -0.249. The van der Waals surface area contributed by atoms with Gasteiger partial charge in [-0.2, -0.15) is 0 Å². The fourth-order valence-electron chi connectivity index (χ4n) is 1.72. The van der Waals surface area contributed by atoms with E-state index in [1.165, 1.54) is 0 Å². The van der Waals surface area contributed by atoms with Crippen LogP contribution in [0.1, 0.15) is 11.1 Å². The van der Waals surface area contributed by atoms with Gasteiger partial charge in [-0.1, -0.05) is 24.3 Å². The number of hydrogen-bond acceptors (Lipinski definition) is 1. The molecule has 0 saturated heterocycles. The number of urea groups is 1. The van der Waals surface area contributed by atoms with Crippen LogP contribution in [0.3, 0.4) is 0 Å². The zero-order valence-electron chi connectivity index (χ0n) is 10.8. The first kappa shape index (κ1) is 13.6. The van der Waals surface area contributed by atoms with Crippen molar-refractivity contribution in [3.05, 3.63) is 58.1 Å². The average Bonchev–Trinajstić information content (AvgIpc) is 2.38. The second kappa shape index (κ2) is 5.89. The van der Waals surface area contributed by atoms with Crippen molar-refractivity contribution >= 4 is 33.3 Å². The zero-order valence-corrected chi connectivity index (χ0v) is 12.4. The molecule has 0 spiro atoms. The molecule has 0 heterocycles. The Bertz CT molecular complexity index is 611. The van der Waals surface area contributed by atoms with Crippen molar-refractivity contribution in [1.82, 2.24) is 0 Å². The molecule has 3 nitrogen and oxygen atoms in total. The van der Waals surface area contributed by atoms with Crippen molar-refractivity contribution in [3.63, 3.8) is 0 Å². The van der Waals surface area contributed by atoms with Gasteiger partial charge >= 0.3 is 6.03 Å². The number of para-hydroxylation sites is 1. The van der Waals surface area contributed by atoms with Crippen LogP contribution in [-0.2, 0) is 0 Å². The summed E-state index contributed by atoms with van der Waals surface area (Å²) >= 11 is 3.39. The summed E-state index contributed by atoms with van der Waals surface area (Å²) in [5.74, 6) is 0. The van der Waals surface area contributed by atoms with E-state index in [1.807, 2.05) is 56.3 Å². The molecule has 0 aromatic heterocycles. The highest BCUT2D eigenvalue weighted by Crippen LogP contribution is 2.22. The maximum Gasteiger partial charge on any atom is 0.323 e. The Hall–Kier alpha value is -1.81. The third kappa shape index (κ3) is 3.35. The van der Waals surface area contributed by atoms with Crippen LogP contribution in [0.5, 0.6) is 0 Å². The Morgan fingerprint density at radius 3 is 2.32 bits per heavy atom. The number of halogens is 1. The number of anilines is 2. The molecule has 19 heavy (non-hydrogen) atoms. The highest BCUT2D eigenvalue weighted by molar-refractivity contribution is 9.10. The summed E-state index contributed by atoms with van der Waals surface area (Å²) in [5.41, 5.74) is 3.79. The number of amides is 2. The summed E-state index contributed by atoms with van der Waals surface area (Å²) < 4.78 is 0.853. The van der Waals surface area contributed by atoms with Gasteiger partial charge in [-0.15, -0.1) is 0 Å². The van der Waals surface area contributed by atoms with Gasteiger partial charge in [-0.25, -0.2) is 4.79 Å². The molecule has 2 amide bonds. The third-order valence-corrected chi connectivity index (χ3v) is 3.67. The van der Waals surface area contributed by atoms with Gasteiger partial charge in [0, 0.05) is 10.2 Å². The molecule has 0 unspecified atom stereocenters. The topological polar surface area (TPSA) is 41.1 Å². The maximum atomic E-state index is 12.0. The van der Waals surface area contributed by atoms with E-state index in [4.69, 9.17) is 0 Å². The summed E-state index contributed by atoms with van der Waals surface area (Å²) in [4.78, 5) is 12.0. The van der Waals surface area contributed by atoms with E-state index in [1.54, 1.807) is 0 Å². The number of rotatable bonds is 2. The molecule has 0 aliphatic heterocycles. The van der Waals surface area contributed by atoms with Gasteiger partial charge in [0.2, 0.25) is 0 Å². The van der Waals surface area contributed by atoms with Crippen molar-refractivity contribution in [3.8, 4) is 0 Å². The molecule has 0 bridgehead atoms. The Morgan fingerprint density at radius 1 is 0.947 bits per heavy atom. The second-order valence-electron chi connectivity index (χ2n) is 4.31. The molecular formula is C15H15BrN2O. The van der Waals surface area contributed by atoms with E-state index in [0.29, 0.717) is 0 Å². The van der Waals surface area contributed by atoms with Gasteiger partial charge in [-0.3, -0.25) is 0 Å². The first-order chi connectivity index (χ1) is 9.08. The first-order valence-corrected chi connectivity index (χ1v) is 6.76. The smallest absolute Gasteiger partial charge is 0.307 e. The molecule has 2 N–H and O–H groups in total. The first-order valence-electron chi connectivity index (χ1n) is 5.96. The SMILES string of the molecule is Cc1cccc(NC(=O)Nc2ccccc2Br)c1C. The van der Waals surface area contributed by atoms with E-state index < -0.39 is 0 Å². The molecule has 0 atom stereocenters. The lowest BCUT2D eigenvalue weighted by atomic mass is 10.1. The molecule has 0 aliphatic rings. The predicted molar refractivity (Wildman–Crippen MR) is 82.7 cm³/mol. The molecule has 0 radical (unpaired) electrons. The van der Waals surface area contributed by atoms with Gasteiger partial charge < -0.3 is 10.6 Å². The van der Waals surface area contributed by atoms with E-state index in [-0.39, 0.29) is 6.03 Å². The van der Waals surface area contributed by atoms with Gasteiger partial charge in [0.05, 0.1) is 5.69 Å². The van der Waals surface area contributed by atoms with Crippen molar-refractivity contribution < 1.29 is 4.79 Å². The zero-order chi connectivity index (χ0) is 13.8. The lowest BCUT2D eigenvalue weighted by Gasteiger charge is -2.12. The molecule has 2 rings (SSSR count). The number of hydrogen-bond donors (Lipinski definition) is 2. The molecule has 2 aromatic carbocycles. The van der Waals surface area contributed by atoms with Gasteiger partial charge in [0.25, 0.3) is 0 Å². The largest absolute Gasteiger partial charge is 0.323 e. The lowest BCUT2D eigenvalue weighted by Crippen LogP contribution is -2.20. The van der Waals surface area contributed by atoms with E-state index in [0.717, 1.165) is 27.0 Å². The van der Waals surface area contributed by atoms with Crippen molar-refractivity contribution in [1.29, 1.82) is 0 Å². The summed E-state index contributed by atoms with van der Waals surface area (Å²) in [6.07, 6.45) is 0. The van der Waals surface area contributed by atoms with Gasteiger partial charge in [-0.05, 0) is 59.1 Å². The molecule has 4 heteroatoms. The normalized spacial score (nSPS) is 10.1. The quantitative estimate of drug-likeness (QED) is 0.827. The van der Waals surface area contributed by atoms with Crippen LogP contribution in [-0.4, -0.2) is 6.03 Å². The minimum Gasteiger partial charge on any atom is -0.307 e. The summed E-state index contributed by atoms with van der Waals surface area (Å²) in [6.45, 7) is 4.01. The van der Waals surface area contributed by atoms with Crippen LogP contribution in [0.25, 0.3) is 0 Å².